The van der Waals surface area contributed by atoms with Gasteiger partial charge >= 0.3 is 0 Å². The number of fused-ring (bicyclic) bond motifs is 2. The molecule has 0 atom stereocenters. The number of nitrogens with zero attached hydrogens (tertiary/aromatic N) is 5. The number of para-hydroxylation sites is 2. The lowest BCUT2D eigenvalue weighted by Gasteiger charge is -2.11. The van der Waals surface area contributed by atoms with Crippen molar-refractivity contribution in [1.29, 1.82) is 0 Å². The first-order valence-corrected chi connectivity index (χ1v) is 9.64. The zero-order chi connectivity index (χ0) is 18.4. The summed E-state index contributed by atoms with van der Waals surface area (Å²) in [7, 11) is 0. The molecule has 1 saturated carbocycles. The molecule has 138 valence electrons. The molecule has 3 aromatic heterocycles. The van der Waals surface area contributed by atoms with Crippen molar-refractivity contribution in [2.45, 2.75) is 51.6 Å². The van der Waals surface area contributed by atoms with Crippen molar-refractivity contribution in [2.24, 2.45) is 0 Å². The van der Waals surface area contributed by atoms with Crippen molar-refractivity contribution >= 4 is 22.1 Å². The number of benzene rings is 1. The Morgan fingerprint density at radius 3 is 2.85 bits per heavy atom. The van der Waals surface area contributed by atoms with Crippen LogP contribution in [0.15, 0.2) is 35.4 Å². The Balaban J connectivity index is 1.63. The van der Waals surface area contributed by atoms with Gasteiger partial charge in [0.1, 0.15) is 11.2 Å². The van der Waals surface area contributed by atoms with Crippen molar-refractivity contribution in [2.75, 3.05) is 0 Å². The molecule has 27 heavy (non-hydrogen) atoms. The number of hydrogen-bond donors (Lipinski definition) is 1. The highest BCUT2D eigenvalue weighted by Crippen LogP contribution is 2.31. The van der Waals surface area contributed by atoms with Crippen molar-refractivity contribution in [3.05, 3.63) is 52.5 Å². The summed E-state index contributed by atoms with van der Waals surface area (Å²) < 4.78 is 4.02. The van der Waals surface area contributed by atoms with E-state index in [1.807, 2.05) is 40.4 Å². The first-order chi connectivity index (χ1) is 13.2. The van der Waals surface area contributed by atoms with E-state index >= 15 is 0 Å². The fourth-order valence-electron chi connectivity index (χ4n) is 4.18. The van der Waals surface area contributed by atoms with Crippen LogP contribution in [0.25, 0.3) is 22.1 Å². The van der Waals surface area contributed by atoms with Gasteiger partial charge < -0.3 is 9.55 Å². The highest BCUT2D eigenvalue weighted by atomic mass is 16.1. The van der Waals surface area contributed by atoms with Crippen molar-refractivity contribution in [3.8, 4) is 0 Å². The number of H-pyrrole nitrogens is 1. The molecule has 0 spiro atoms. The second-order valence-corrected chi connectivity index (χ2v) is 7.26. The molecule has 0 radical (unpaired) electrons. The zero-order valence-electron chi connectivity index (χ0n) is 15.4. The third kappa shape index (κ3) is 2.65. The molecule has 7 heteroatoms. The van der Waals surface area contributed by atoms with Gasteiger partial charge in [0.05, 0.1) is 35.6 Å². The van der Waals surface area contributed by atoms with Crippen LogP contribution in [0, 0.1) is 0 Å². The van der Waals surface area contributed by atoms with Gasteiger partial charge in [-0.3, -0.25) is 4.79 Å². The average Bonchev–Trinajstić information content (AvgIpc) is 3.40. The van der Waals surface area contributed by atoms with Crippen LogP contribution in [0.2, 0.25) is 0 Å². The molecule has 0 bridgehead atoms. The summed E-state index contributed by atoms with van der Waals surface area (Å²) in [6.45, 7) is 2.51. The van der Waals surface area contributed by atoms with Gasteiger partial charge in [-0.25, -0.2) is 14.6 Å². The summed E-state index contributed by atoms with van der Waals surface area (Å²) in [5.41, 5.74) is 3.43. The molecular formula is C20H22N6O. The first-order valence-electron chi connectivity index (χ1n) is 9.64. The van der Waals surface area contributed by atoms with E-state index in [4.69, 9.17) is 10.1 Å². The van der Waals surface area contributed by atoms with Crippen LogP contribution in [0.3, 0.4) is 0 Å². The summed E-state index contributed by atoms with van der Waals surface area (Å²) >= 11 is 0. The number of nitrogens with one attached hydrogen (secondary N) is 1. The monoisotopic (exact) mass is 362 g/mol. The molecular weight excluding hydrogens is 340 g/mol. The van der Waals surface area contributed by atoms with E-state index < -0.39 is 0 Å². The molecule has 1 aliphatic rings. The van der Waals surface area contributed by atoms with Gasteiger partial charge in [-0.15, -0.1) is 0 Å². The van der Waals surface area contributed by atoms with Gasteiger partial charge in [0.15, 0.2) is 5.65 Å². The van der Waals surface area contributed by atoms with Crippen LogP contribution < -0.4 is 5.56 Å². The predicted molar refractivity (Wildman–Crippen MR) is 104 cm³/mol. The van der Waals surface area contributed by atoms with Crippen LogP contribution in [0.5, 0.6) is 0 Å². The molecule has 1 aliphatic carbocycles. The van der Waals surface area contributed by atoms with Crippen LogP contribution in [-0.2, 0) is 13.0 Å². The SMILES string of the molecule is CCc1nn(C2CCCC2)c2nc(Cn3cnc4ccccc43)[nH]c(=O)c12. The smallest absolute Gasteiger partial charge is 0.262 e. The van der Waals surface area contributed by atoms with Crippen molar-refractivity contribution in [1.82, 2.24) is 29.3 Å². The highest BCUT2D eigenvalue weighted by molar-refractivity contribution is 5.78. The van der Waals surface area contributed by atoms with Gasteiger partial charge in [0.2, 0.25) is 0 Å². The molecule has 0 aliphatic heterocycles. The van der Waals surface area contributed by atoms with E-state index in [-0.39, 0.29) is 5.56 Å². The quantitative estimate of drug-likeness (QED) is 0.604. The predicted octanol–water partition coefficient (Wildman–Crippen LogP) is 3.20. The molecule has 4 aromatic rings. The molecule has 5 rings (SSSR count). The fraction of sp³-hybridized carbons (Fsp3) is 0.400. The molecule has 7 nitrogen and oxygen atoms in total. The van der Waals surface area contributed by atoms with Crippen LogP contribution >= 0.6 is 0 Å². The van der Waals surface area contributed by atoms with Crippen LogP contribution in [0.1, 0.15) is 50.2 Å². The Bertz CT molecular complexity index is 1180. The second-order valence-electron chi connectivity index (χ2n) is 7.26. The Kier molecular flexibility index (Phi) is 3.81. The minimum Gasteiger partial charge on any atom is -0.323 e. The van der Waals surface area contributed by atoms with Gasteiger partial charge in [-0.05, 0) is 31.4 Å². The topological polar surface area (TPSA) is 81.4 Å². The third-order valence-corrected chi connectivity index (χ3v) is 5.54. The maximum atomic E-state index is 12.8. The number of hydrogen-bond acceptors (Lipinski definition) is 4. The third-order valence-electron chi connectivity index (χ3n) is 5.54. The summed E-state index contributed by atoms with van der Waals surface area (Å²) in [5, 5.41) is 5.40. The molecule has 0 saturated heterocycles. The van der Waals surface area contributed by atoms with Gasteiger partial charge in [-0.1, -0.05) is 31.9 Å². The van der Waals surface area contributed by atoms with E-state index in [2.05, 4.69) is 9.97 Å². The Morgan fingerprint density at radius 2 is 2.04 bits per heavy atom. The molecule has 1 fully saturated rings. The Hall–Kier alpha value is -2.96. The zero-order valence-corrected chi connectivity index (χ0v) is 15.4. The van der Waals surface area contributed by atoms with Gasteiger partial charge in [0.25, 0.3) is 5.56 Å². The normalized spacial score (nSPS) is 15.3. The van der Waals surface area contributed by atoms with E-state index in [1.165, 1.54) is 12.8 Å². The number of aromatic nitrogens is 6. The molecule has 0 amide bonds. The van der Waals surface area contributed by atoms with Crippen LogP contribution in [0.4, 0.5) is 0 Å². The average molecular weight is 362 g/mol. The van der Waals surface area contributed by atoms with Gasteiger partial charge in [0, 0.05) is 0 Å². The minimum absolute atomic E-state index is 0.0967. The largest absolute Gasteiger partial charge is 0.323 e. The summed E-state index contributed by atoms with van der Waals surface area (Å²) in [5.74, 6) is 0.637. The summed E-state index contributed by atoms with van der Waals surface area (Å²) in [4.78, 5) is 25.0. The lowest BCUT2D eigenvalue weighted by Crippen LogP contribution is -2.16. The molecule has 1 N–H and O–H groups in total. The van der Waals surface area contributed by atoms with Gasteiger partial charge in [-0.2, -0.15) is 5.10 Å². The Morgan fingerprint density at radius 1 is 1.22 bits per heavy atom. The molecule has 3 heterocycles. The second kappa shape index (κ2) is 6.33. The molecule has 0 unspecified atom stereocenters. The van der Waals surface area contributed by atoms with E-state index in [0.717, 1.165) is 41.6 Å². The lowest BCUT2D eigenvalue weighted by molar-refractivity contribution is 0.474. The maximum Gasteiger partial charge on any atom is 0.262 e. The van der Waals surface area contributed by atoms with E-state index in [0.29, 0.717) is 23.8 Å². The van der Waals surface area contributed by atoms with E-state index in [9.17, 15) is 4.79 Å². The highest BCUT2D eigenvalue weighted by Gasteiger charge is 2.24. The minimum atomic E-state index is -0.0967. The van der Waals surface area contributed by atoms with Crippen molar-refractivity contribution in [3.63, 3.8) is 0 Å². The standard InChI is InChI=1S/C20H22N6O/c1-2-14-18-19(26(24-14)13-7-3-4-8-13)22-17(23-20(18)27)11-25-12-21-15-9-5-6-10-16(15)25/h5-6,9-10,12-13H,2-4,7-8,11H2,1H3,(H,22,23,27). The summed E-state index contributed by atoms with van der Waals surface area (Å²) in [6.07, 6.45) is 7.16. The van der Waals surface area contributed by atoms with E-state index in [1.54, 1.807) is 6.33 Å². The maximum absolute atomic E-state index is 12.8. The molecule has 1 aromatic carbocycles. The summed E-state index contributed by atoms with van der Waals surface area (Å²) in [6, 6.07) is 8.31. The Labute approximate surface area is 156 Å². The van der Waals surface area contributed by atoms with Crippen molar-refractivity contribution < 1.29 is 0 Å². The number of imidazole rings is 1. The number of aryl methyl sites for hydroxylation is 1. The van der Waals surface area contributed by atoms with Crippen LogP contribution in [-0.4, -0.2) is 29.3 Å². The fourth-order valence-corrected chi connectivity index (χ4v) is 4.18. The number of rotatable bonds is 4. The first kappa shape index (κ1) is 16.2. The lowest BCUT2D eigenvalue weighted by atomic mass is 10.2. The number of aromatic amines is 1.